The summed E-state index contributed by atoms with van der Waals surface area (Å²) in [4.78, 5) is 28.5. The Kier molecular flexibility index (Phi) is 5.14. The van der Waals surface area contributed by atoms with Gasteiger partial charge >= 0.3 is 0 Å². The molecule has 2 heterocycles. The molecule has 0 aromatic heterocycles. The van der Waals surface area contributed by atoms with E-state index in [1.54, 1.807) is 21.6 Å². The number of halogens is 1. The molecule has 0 bridgehead atoms. The third-order valence-corrected chi connectivity index (χ3v) is 5.70. The largest absolute Gasteiger partial charge is 0.378 e. The van der Waals surface area contributed by atoms with Crippen LogP contribution in [0.2, 0.25) is 5.02 Å². The Morgan fingerprint density at radius 1 is 1.22 bits per heavy atom. The fraction of sp³-hybridized carbons (Fsp3) is 0.500. The van der Waals surface area contributed by atoms with Crippen LogP contribution in [0.4, 0.5) is 0 Å². The number of hydrogen-bond acceptors (Lipinski definition) is 4. The van der Waals surface area contributed by atoms with Gasteiger partial charge in [-0.25, -0.2) is 0 Å². The molecule has 5 nitrogen and oxygen atoms in total. The van der Waals surface area contributed by atoms with E-state index in [2.05, 4.69) is 0 Å². The fourth-order valence-corrected chi connectivity index (χ4v) is 4.56. The van der Waals surface area contributed by atoms with Crippen LogP contribution in [0, 0.1) is 0 Å². The first-order valence-corrected chi connectivity index (χ1v) is 9.03. The first-order valence-electron chi connectivity index (χ1n) is 7.60. The van der Waals surface area contributed by atoms with E-state index >= 15 is 0 Å². The van der Waals surface area contributed by atoms with E-state index in [0.29, 0.717) is 37.1 Å². The zero-order valence-electron chi connectivity index (χ0n) is 12.9. The van der Waals surface area contributed by atoms with Crippen molar-refractivity contribution < 1.29 is 14.3 Å². The highest BCUT2D eigenvalue weighted by Crippen LogP contribution is 2.42. The summed E-state index contributed by atoms with van der Waals surface area (Å²) in [6.07, 6.45) is 0. The van der Waals surface area contributed by atoms with Gasteiger partial charge in [-0.2, -0.15) is 0 Å². The van der Waals surface area contributed by atoms with Gasteiger partial charge in [0.2, 0.25) is 11.8 Å². The lowest BCUT2D eigenvalue weighted by molar-refractivity contribution is -0.146. The summed E-state index contributed by atoms with van der Waals surface area (Å²) in [6.45, 7) is 3.84. The highest BCUT2D eigenvalue weighted by atomic mass is 35.5. The molecule has 2 fully saturated rings. The number of nitrogens with zero attached hydrogens (tertiary/aromatic N) is 2. The molecule has 2 amide bonds. The lowest BCUT2D eigenvalue weighted by Gasteiger charge is -2.33. The van der Waals surface area contributed by atoms with Gasteiger partial charge in [-0.3, -0.25) is 9.59 Å². The van der Waals surface area contributed by atoms with Crippen LogP contribution in [0.15, 0.2) is 24.3 Å². The lowest BCUT2D eigenvalue weighted by Crippen LogP contribution is -2.52. The van der Waals surface area contributed by atoms with Gasteiger partial charge in [-0.1, -0.05) is 23.7 Å². The summed E-state index contributed by atoms with van der Waals surface area (Å²) >= 11 is 7.56. The average molecular weight is 355 g/mol. The summed E-state index contributed by atoms with van der Waals surface area (Å²) in [5.41, 5.74) is 0.992. The summed E-state index contributed by atoms with van der Waals surface area (Å²) in [7, 11) is 0. The molecule has 2 aliphatic heterocycles. The number of morpholine rings is 1. The van der Waals surface area contributed by atoms with Crippen molar-refractivity contribution in [1.82, 2.24) is 9.80 Å². The molecule has 0 unspecified atom stereocenters. The van der Waals surface area contributed by atoms with E-state index < -0.39 is 6.04 Å². The number of benzene rings is 1. The Hall–Kier alpha value is -1.24. The van der Waals surface area contributed by atoms with E-state index in [4.69, 9.17) is 16.3 Å². The topological polar surface area (TPSA) is 49.9 Å². The lowest BCUT2D eigenvalue weighted by atomic mass is 10.1. The van der Waals surface area contributed by atoms with Crippen molar-refractivity contribution in [2.24, 2.45) is 0 Å². The van der Waals surface area contributed by atoms with Crippen molar-refractivity contribution in [3.8, 4) is 0 Å². The third kappa shape index (κ3) is 3.49. The van der Waals surface area contributed by atoms with Crippen LogP contribution < -0.4 is 0 Å². The van der Waals surface area contributed by atoms with Gasteiger partial charge < -0.3 is 14.5 Å². The standard InChI is InChI=1S/C16H19ClN2O3S/c1-11(20)19-14(15(21)18-6-8-22-9-7-18)10-23-16(19)12-2-4-13(17)5-3-12/h2-5,14,16H,6-10H2,1H3/t14-,16+/m0/s1. The molecule has 1 aromatic carbocycles. The van der Waals surface area contributed by atoms with Crippen molar-refractivity contribution in [2.75, 3.05) is 32.1 Å². The molecule has 2 saturated heterocycles. The van der Waals surface area contributed by atoms with Crippen molar-refractivity contribution in [3.63, 3.8) is 0 Å². The average Bonchev–Trinajstić information content (AvgIpc) is 3.01. The Balaban J connectivity index is 1.80. The van der Waals surface area contributed by atoms with E-state index in [0.717, 1.165) is 5.56 Å². The van der Waals surface area contributed by atoms with Crippen LogP contribution in [0.25, 0.3) is 0 Å². The number of rotatable bonds is 2. The Morgan fingerprint density at radius 3 is 2.48 bits per heavy atom. The van der Waals surface area contributed by atoms with Crippen LogP contribution in [0.5, 0.6) is 0 Å². The molecule has 7 heteroatoms. The van der Waals surface area contributed by atoms with Gasteiger partial charge in [0.05, 0.1) is 13.2 Å². The predicted molar refractivity (Wildman–Crippen MR) is 90.4 cm³/mol. The minimum atomic E-state index is -0.406. The minimum absolute atomic E-state index is 0.0208. The Morgan fingerprint density at radius 2 is 1.87 bits per heavy atom. The second-order valence-electron chi connectivity index (χ2n) is 5.62. The number of ether oxygens (including phenoxy) is 1. The van der Waals surface area contributed by atoms with Crippen LogP contribution in [0.1, 0.15) is 17.9 Å². The van der Waals surface area contributed by atoms with Crippen molar-refractivity contribution in [1.29, 1.82) is 0 Å². The molecule has 1 aromatic rings. The summed E-state index contributed by atoms with van der Waals surface area (Å²) < 4.78 is 5.30. The summed E-state index contributed by atoms with van der Waals surface area (Å²) in [6, 6.07) is 7.05. The van der Waals surface area contributed by atoms with Gasteiger partial charge in [-0.15, -0.1) is 11.8 Å². The molecular formula is C16H19ClN2O3S. The van der Waals surface area contributed by atoms with Gasteiger partial charge in [-0.05, 0) is 17.7 Å². The van der Waals surface area contributed by atoms with Crippen molar-refractivity contribution in [2.45, 2.75) is 18.3 Å². The predicted octanol–water partition coefficient (Wildman–Crippen LogP) is 2.16. The molecule has 2 aliphatic rings. The number of carbonyl (C=O) groups excluding carboxylic acids is 2. The maximum atomic E-state index is 12.8. The van der Waals surface area contributed by atoms with Gasteiger partial charge in [0, 0.05) is 30.8 Å². The van der Waals surface area contributed by atoms with Crippen LogP contribution in [-0.4, -0.2) is 59.7 Å². The Bertz CT molecular complexity index is 589. The fourth-order valence-electron chi connectivity index (χ4n) is 2.96. The molecule has 3 rings (SSSR count). The zero-order chi connectivity index (χ0) is 16.4. The third-order valence-electron chi connectivity index (χ3n) is 4.13. The Labute approximate surface area is 144 Å². The van der Waals surface area contributed by atoms with Crippen LogP contribution in [0.3, 0.4) is 0 Å². The molecule has 0 N–H and O–H groups in total. The molecule has 0 aliphatic carbocycles. The molecule has 0 spiro atoms. The maximum Gasteiger partial charge on any atom is 0.246 e. The highest BCUT2D eigenvalue weighted by Gasteiger charge is 2.42. The number of thioether (sulfide) groups is 1. The van der Waals surface area contributed by atoms with E-state index in [1.165, 1.54) is 6.92 Å². The second-order valence-corrected chi connectivity index (χ2v) is 7.17. The van der Waals surface area contributed by atoms with E-state index in [9.17, 15) is 9.59 Å². The molecule has 0 saturated carbocycles. The first-order chi connectivity index (χ1) is 11.1. The molecule has 2 atom stereocenters. The highest BCUT2D eigenvalue weighted by molar-refractivity contribution is 7.99. The summed E-state index contributed by atoms with van der Waals surface area (Å²) in [5.74, 6) is 0.553. The van der Waals surface area contributed by atoms with Crippen LogP contribution >= 0.6 is 23.4 Å². The molecule has 23 heavy (non-hydrogen) atoms. The monoisotopic (exact) mass is 354 g/mol. The van der Waals surface area contributed by atoms with Crippen molar-refractivity contribution in [3.05, 3.63) is 34.9 Å². The quantitative estimate of drug-likeness (QED) is 0.816. The van der Waals surface area contributed by atoms with Crippen molar-refractivity contribution >= 4 is 35.2 Å². The maximum absolute atomic E-state index is 12.8. The molecular weight excluding hydrogens is 336 g/mol. The SMILES string of the molecule is CC(=O)N1[C@@H](c2ccc(Cl)cc2)SC[C@H]1C(=O)N1CCOCC1. The van der Waals surface area contributed by atoms with Gasteiger partial charge in [0.25, 0.3) is 0 Å². The number of amides is 2. The van der Waals surface area contributed by atoms with Gasteiger partial charge in [0.15, 0.2) is 0 Å². The smallest absolute Gasteiger partial charge is 0.246 e. The molecule has 0 radical (unpaired) electrons. The second kappa shape index (κ2) is 7.11. The molecule has 124 valence electrons. The summed E-state index contributed by atoms with van der Waals surface area (Å²) in [5, 5.41) is 0.520. The minimum Gasteiger partial charge on any atom is -0.378 e. The normalized spacial score (nSPS) is 24.8. The van der Waals surface area contributed by atoms with E-state index in [-0.39, 0.29) is 17.2 Å². The van der Waals surface area contributed by atoms with Gasteiger partial charge in [0.1, 0.15) is 11.4 Å². The van der Waals surface area contributed by atoms with E-state index in [1.807, 2.05) is 24.3 Å². The van der Waals surface area contributed by atoms with Crippen LogP contribution in [-0.2, 0) is 14.3 Å². The number of carbonyl (C=O) groups is 2. The number of hydrogen-bond donors (Lipinski definition) is 0. The first kappa shape index (κ1) is 16.6. The zero-order valence-corrected chi connectivity index (χ0v) is 14.5.